The normalized spacial score (nSPS) is 17.8. The first-order valence-electron chi connectivity index (χ1n) is 8.11. The lowest BCUT2D eigenvalue weighted by Gasteiger charge is -2.13. The number of para-hydroxylation sites is 1. The van der Waals surface area contributed by atoms with E-state index in [0.717, 1.165) is 28.7 Å². The van der Waals surface area contributed by atoms with Crippen molar-refractivity contribution in [2.24, 2.45) is 4.99 Å². The summed E-state index contributed by atoms with van der Waals surface area (Å²) in [6.07, 6.45) is -1.49. The molecule has 2 heterocycles. The number of anilines is 1. The number of aliphatic imine (C=N–C) groups is 1. The smallest absolute Gasteiger partial charge is 0.418 e. The summed E-state index contributed by atoms with van der Waals surface area (Å²) in [7, 11) is 0. The average molecular weight is 376 g/mol. The van der Waals surface area contributed by atoms with Crippen molar-refractivity contribution in [1.29, 1.82) is 0 Å². The fraction of sp³-hybridized carbons (Fsp3) is 0.211. The van der Waals surface area contributed by atoms with Crippen LogP contribution in [0.25, 0.3) is 6.08 Å². The Balaban J connectivity index is 1.48. The van der Waals surface area contributed by atoms with E-state index < -0.39 is 11.7 Å². The number of amidine groups is 1. The largest absolute Gasteiger partial charge is 0.493 e. The van der Waals surface area contributed by atoms with Crippen LogP contribution in [0.15, 0.2) is 52.4 Å². The minimum Gasteiger partial charge on any atom is -0.493 e. The Morgan fingerprint density at radius 3 is 2.85 bits per heavy atom. The van der Waals surface area contributed by atoms with Crippen LogP contribution in [0.1, 0.15) is 16.7 Å². The van der Waals surface area contributed by atoms with Gasteiger partial charge in [-0.05, 0) is 41.5 Å². The third kappa shape index (κ3) is 3.58. The topological polar surface area (TPSA) is 33.6 Å². The summed E-state index contributed by atoms with van der Waals surface area (Å²) >= 11 is 1.35. The number of hydrogen-bond donors (Lipinski definition) is 1. The van der Waals surface area contributed by atoms with Crippen LogP contribution in [-0.2, 0) is 12.6 Å². The first kappa shape index (κ1) is 17.0. The van der Waals surface area contributed by atoms with Crippen molar-refractivity contribution in [1.82, 2.24) is 0 Å². The third-order valence-electron chi connectivity index (χ3n) is 4.12. The number of fused-ring (bicyclic) bond motifs is 1. The Kier molecular flexibility index (Phi) is 4.40. The maximum absolute atomic E-state index is 13.1. The molecule has 0 spiro atoms. The number of alkyl halides is 3. The molecular weight excluding hydrogens is 361 g/mol. The lowest BCUT2D eigenvalue weighted by atomic mass is 10.1. The van der Waals surface area contributed by atoms with Crippen molar-refractivity contribution in [2.45, 2.75) is 12.6 Å². The Bertz CT molecular complexity index is 906. The number of ether oxygens (including phenoxy) is 1. The van der Waals surface area contributed by atoms with Gasteiger partial charge in [-0.2, -0.15) is 13.2 Å². The molecule has 0 saturated carbocycles. The average Bonchev–Trinajstić information content (AvgIpc) is 3.23. The Labute approximate surface area is 153 Å². The van der Waals surface area contributed by atoms with E-state index in [1.807, 2.05) is 18.2 Å². The molecule has 0 fully saturated rings. The fourth-order valence-electron chi connectivity index (χ4n) is 2.92. The van der Waals surface area contributed by atoms with Crippen LogP contribution in [0.5, 0.6) is 5.75 Å². The molecule has 0 radical (unpaired) electrons. The molecule has 1 N–H and O–H groups in total. The van der Waals surface area contributed by atoms with Crippen molar-refractivity contribution in [3.8, 4) is 5.75 Å². The predicted molar refractivity (Wildman–Crippen MR) is 98.6 cm³/mol. The quantitative estimate of drug-likeness (QED) is 0.783. The van der Waals surface area contributed by atoms with Gasteiger partial charge in [-0.1, -0.05) is 30.0 Å². The first-order chi connectivity index (χ1) is 12.5. The van der Waals surface area contributed by atoms with E-state index in [4.69, 9.17) is 4.74 Å². The number of nitrogens with zero attached hydrogens (tertiary/aromatic N) is 1. The molecule has 0 amide bonds. The van der Waals surface area contributed by atoms with Crippen molar-refractivity contribution < 1.29 is 17.9 Å². The summed E-state index contributed by atoms with van der Waals surface area (Å²) in [5.74, 6) is 0.925. The van der Waals surface area contributed by atoms with Crippen molar-refractivity contribution in [2.75, 3.05) is 18.5 Å². The highest BCUT2D eigenvalue weighted by molar-refractivity contribution is 8.17. The van der Waals surface area contributed by atoms with Crippen molar-refractivity contribution >= 4 is 28.7 Å². The van der Waals surface area contributed by atoms with Crippen LogP contribution in [0.2, 0.25) is 0 Å². The molecule has 0 aliphatic carbocycles. The number of benzene rings is 2. The molecule has 2 aliphatic rings. The SMILES string of the molecule is FC(F)(F)c1ccccc1NC1=NCC(=Cc2ccc3c(c2)CCO3)S1. The lowest BCUT2D eigenvalue weighted by Crippen LogP contribution is -2.13. The molecule has 0 saturated heterocycles. The van der Waals surface area contributed by atoms with Gasteiger partial charge in [-0.3, -0.25) is 4.99 Å². The number of halogens is 3. The minimum absolute atomic E-state index is 0.0159. The van der Waals surface area contributed by atoms with Crippen LogP contribution in [0.3, 0.4) is 0 Å². The zero-order valence-electron chi connectivity index (χ0n) is 13.6. The van der Waals surface area contributed by atoms with Gasteiger partial charge in [0.2, 0.25) is 0 Å². The molecule has 2 aliphatic heterocycles. The Morgan fingerprint density at radius 1 is 1.15 bits per heavy atom. The molecule has 7 heteroatoms. The van der Waals surface area contributed by atoms with E-state index in [9.17, 15) is 13.2 Å². The van der Waals surface area contributed by atoms with Crippen LogP contribution < -0.4 is 10.1 Å². The number of rotatable bonds is 2. The summed E-state index contributed by atoms with van der Waals surface area (Å²) in [6, 6.07) is 11.4. The molecular formula is C19H15F3N2OS. The van der Waals surface area contributed by atoms with E-state index >= 15 is 0 Å². The van der Waals surface area contributed by atoms with Crippen LogP contribution in [0.4, 0.5) is 18.9 Å². The molecule has 4 rings (SSSR count). The molecule has 134 valence electrons. The summed E-state index contributed by atoms with van der Waals surface area (Å²) < 4.78 is 44.8. The highest BCUT2D eigenvalue weighted by atomic mass is 32.2. The molecule has 0 atom stereocenters. The van der Waals surface area contributed by atoms with Crippen LogP contribution >= 0.6 is 11.8 Å². The van der Waals surface area contributed by atoms with Crippen LogP contribution in [-0.4, -0.2) is 18.3 Å². The molecule has 2 aromatic rings. The van der Waals surface area contributed by atoms with Gasteiger partial charge in [0.15, 0.2) is 5.17 Å². The molecule has 0 aromatic heterocycles. The maximum Gasteiger partial charge on any atom is 0.418 e. The van der Waals surface area contributed by atoms with Gasteiger partial charge < -0.3 is 10.1 Å². The van der Waals surface area contributed by atoms with E-state index in [1.54, 1.807) is 6.07 Å². The highest BCUT2D eigenvalue weighted by Gasteiger charge is 2.33. The zero-order chi connectivity index (χ0) is 18.1. The maximum atomic E-state index is 13.1. The second-order valence-electron chi connectivity index (χ2n) is 5.97. The molecule has 3 nitrogen and oxygen atoms in total. The van der Waals surface area contributed by atoms with Gasteiger partial charge in [-0.15, -0.1) is 0 Å². The fourth-order valence-corrected chi connectivity index (χ4v) is 3.78. The Morgan fingerprint density at radius 2 is 2.00 bits per heavy atom. The summed E-state index contributed by atoms with van der Waals surface area (Å²) in [4.78, 5) is 5.29. The number of thioether (sulfide) groups is 1. The number of nitrogens with one attached hydrogen (secondary N) is 1. The molecule has 0 bridgehead atoms. The van der Waals surface area contributed by atoms with Crippen molar-refractivity contribution in [3.05, 3.63) is 64.1 Å². The highest BCUT2D eigenvalue weighted by Crippen LogP contribution is 2.36. The minimum atomic E-state index is -4.40. The van der Waals surface area contributed by atoms with E-state index in [-0.39, 0.29) is 5.69 Å². The zero-order valence-corrected chi connectivity index (χ0v) is 14.5. The Hall–Kier alpha value is -2.41. The lowest BCUT2D eigenvalue weighted by molar-refractivity contribution is -0.136. The first-order valence-corrected chi connectivity index (χ1v) is 8.92. The van der Waals surface area contributed by atoms with Gasteiger partial charge in [0.1, 0.15) is 5.75 Å². The molecule has 26 heavy (non-hydrogen) atoms. The van der Waals surface area contributed by atoms with Gasteiger partial charge >= 0.3 is 6.18 Å². The van der Waals surface area contributed by atoms with Gasteiger partial charge in [0.25, 0.3) is 0 Å². The van der Waals surface area contributed by atoms with E-state index in [2.05, 4.69) is 16.4 Å². The summed E-state index contributed by atoms with van der Waals surface area (Å²) in [5.41, 5.74) is 1.55. The number of hydrogen-bond acceptors (Lipinski definition) is 4. The van der Waals surface area contributed by atoms with E-state index in [0.29, 0.717) is 18.3 Å². The van der Waals surface area contributed by atoms with Gasteiger partial charge in [0.05, 0.1) is 24.4 Å². The summed E-state index contributed by atoms with van der Waals surface area (Å²) in [6.45, 7) is 1.16. The van der Waals surface area contributed by atoms with Gasteiger partial charge in [0, 0.05) is 11.3 Å². The second kappa shape index (κ2) is 6.72. The molecule has 2 aromatic carbocycles. The van der Waals surface area contributed by atoms with Gasteiger partial charge in [-0.25, -0.2) is 0 Å². The van der Waals surface area contributed by atoms with Crippen molar-refractivity contribution in [3.63, 3.8) is 0 Å². The molecule has 0 unspecified atom stereocenters. The summed E-state index contributed by atoms with van der Waals surface area (Å²) in [5, 5.41) is 3.28. The van der Waals surface area contributed by atoms with Crippen LogP contribution in [0, 0.1) is 0 Å². The second-order valence-corrected chi connectivity index (χ2v) is 7.08. The monoisotopic (exact) mass is 376 g/mol. The third-order valence-corrected chi connectivity index (χ3v) is 5.06. The predicted octanol–water partition coefficient (Wildman–Crippen LogP) is 5.20. The van der Waals surface area contributed by atoms with E-state index in [1.165, 1.54) is 29.5 Å². The standard InChI is InChI=1S/C19H15F3N2OS/c20-19(21,22)15-3-1-2-4-16(15)24-18-23-11-14(26-18)10-12-5-6-17-13(9-12)7-8-25-17/h1-6,9-10H,7-8,11H2,(H,23,24).